The Balaban J connectivity index is 1.65. The number of aliphatic imine (C=N–C) groups is 1. The Morgan fingerprint density at radius 2 is 1.71 bits per heavy atom. The fourth-order valence-electron chi connectivity index (χ4n) is 4.22. The number of anilines is 2. The minimum atomic E-state index is -0.916. The lowest BCUT2D eigenvalue weighted by atomic mass is 9.98. The standard InChI is InChI=1S/C26H25N5O2S/c1-14-16(3)34-25-21(14)23(18-10-12-20(13-11-18)27-19-8-6-5-7-9-19)28-22(15(2)26(32)33)24-30-29-17(4)31(24)25/h5-13,15,22,27H,1-4H3,(H,32,33)/t15-,22?/m0/s1. The molecule has 8 heteroatoms. The Morgan fingerprint density at radius 1 is 1.03 bits per heavy atom. The largest absolute Gasteiger partial charge is 0.481 e. The molecule has 0 amide bonds. The molecule has 4 aromatic rings. The van der Waals surface area contributed by atoms with Crippen LogP contribution in [0.1, 0.15) is 46.2 Å². The van der Waals surface area contributed by atoms with Crippen LogP contribution in [0.5, 0.6) is 0 Å². The van der Waals surface area contributed by atoms with Gasteiger partial charge in [0.05, 0.1) is 11.6 Å². The number of thiophene rings is 1. The van der Waals surface area contributed by atoms with Crippen LogP contribution in [-0.2, 0) is 4.79 Å². The van der Waals surface area contributed by atoms with E-state index in [0.29, 0.717) is 5.82 Å². The monoisotopic (exact) mass is 471 g/mol. The Labute approximate surface area is 201 Å². The molecule has 0 radical (unpaired) electrons. The van der Waals surface area contributed by atoms with E-state index in [4.69, 9.17) is 4.99 Å². The van der Waals surface area contributed by atoms with E-state index in [9.17, 15) is 9.90 Å². The number of carbonyl (C=O) groups is 1. The summed E-state index contributed by atoms with van der Waals surface area (Å²) in [5.41, 5.74) is 5.83. The number of para-hydroxylation sites is 1. The first-order chi connectivity index (χ1) is 16.3. The quantitative estimate of drug-likeness (QED) is 0.395. The normalized spacial score (nSPS) is 15.6. The van der Waals surface area contributed by atoms with Crippen molar-refractivity contribution >= 4 is 34.4 Å². The third-order valence-electron chi connectivity index (χ3n) is 6.27. The molecule has 1 unspecified atom stereocenters. The van der Waals surface area contributed by atoms with E-state index < -0.39 is 17.9 Å². The van der Waals surface area contributed by atoms with Gasteiger partial charge in [-0.1, -0.05) is 30.3 Å². The van der Waals surface area contributed by atoms with Gasteiger partial charge in [-0.3, -0.25) is 14.4 Å². The van der Waals surface area contributed by atoms with Crippen LogP contribution in [0.3, 0.4) is 0 Å². The molecule has 34 heavy (non-hydrogen) atoms. The van der Waals surface area contributed by atoms with E-state index in [1.54, 1.807) is 18.3 Å². The number of hydrogen-bond donors (Lipinski definition) is 2. The van der Waals surface area contributed by atoms with Crippen LogP contribution in [0, 0.1) is 26.7 Å². The van der Waals surface area contributed by atoms with Gasteiger partial charge in [-0.15, -0.1) is 21.5 Å². The number of aliphatic carboxylic acids is 1. The molecule has 5 rings (SSSR count). The van der Waals surface area contributed by atoms with E-state index in [1.807, 2.05) is 66.1 Å². The summed E-state index contributed by atoms with van der Waals surface area (Å²) in [5, 5.41) is 22.8. The average Bonchev–Trinajstić information content (AvgIpc) is 3.29. The molecule has 0 bridgehead atoms. The number of carboxylic acid groups (broad SMARTS) is 1. The number of hydrogen-bond acceptors (Lipinski definition) is 6. The molecular formula is C26H25N5O2S. The summed E-state index contributed by atoms with van der Waals surface area (Å²) in [4.78, 5) is 18.2. The second-order valence-electron chi connectivity index (χ2n) is 8.52. The summed E-state index contributed by atoms with van der Waals surface area (Å²) < 4.78 is 1.98. The highest BCUT2D eigenvalue weighted by Crippen LogP contribution is 2.40. The van der Waals surface area contributed by atoms with Crippen LogP contribution in [-0.4, -0.2) is 31.6 Å². The number of nitrogens with one attached hydrogen (secondary N) is 1. The fraction of sp³-hybridized carbons (Fsp3) is 0.231. The van der Waals surface area contributed by atoms with Crippen LogP contribution in [0.4, 0.5) is 11.4 Å². The Hall–Kier alpha value is -3.78. The lowest BCUT2D eigenvalue weighted by molar-refractivity contribution is -0.141. The number of nitrogens with zero attached hydrogens (tertiary/aromatic N) is 4. The zero-order valence-electron chi connectivity index (χ0n) is 19.4. The van der Waals surface area contributed by atoms with Crippen LogP contribution in [0.15, 0.2) is 59.6 Å². The second kappa shape index (κ2) is 8.53. The zero-order valence-corrected chi connectivity index (χ0v) is 20.2. The van der Waals surface area contributed by atoms with Gasteiger partial charge in [0.2, 0.25) is 0 Å². The van der Waals surface area contributed by atoms with Crippen molar-refractivity contribution in [3.63, 3.8) is 0 Å². The Morgan fingerprint density at radius 3 is 2.38 bits per heavy atom. The maximum atomic E-state index is 12.0. The van der Waals surface area contributed by atoms with Gasteiger partial charge >= 0.3 is 5.97 Å². The minimum absolute atomic E-state index is 0.562. The van der Waals surface area contributed by atoms with Crippen LogP contribution in [0.2, 0.25) is 0 Å². The van der Waals surface area contributed by atoms with Crippen molar-refractivity contribution in [3.8, 4) is 5.00 Å². The first kappa shape index (κ1) is 22.0. The van der Waals surface area contributed by atoms with Crippen molar-refractivity contribution in [1.82, 2.24) is 14.8 Å². The molecular weight excluding hydrogens is 446 g/mol. The third kappa shape index (κ3) is 3.70. The van der Waals surface area contributed by atoms with Gasteiger partial charge in [0.25, 0.3) is 0 Å². The summed E-state index contributed by atoms with van der Waals surface area (Å²) in [6.45, 7) is 7.75. The summed E-state index contributed by atoms with van der Waals surface area (Å²) in [6.07, 6.45) is 0. The SMILES string of the molecule is Cc1sc2c(c1C)C(c1ccc(Nc3ccccc3)cc1)=NC([C@H](C)C(=O)O)c1nnc(C)n1-2. The van der Waals surface area contributed by atoms with Gasteiger partial charge in [-0.2, -0.15) is 0 Å². The van der Waals surface area contributed by atoms with Crippen molar-refractivity contribution in [2.24, 2.45) is 10.9 Å². The van der Waals surface area contributed by atoms with Gasteiger partial charge in [-0.05, 0) is 57.5 Å². The van der Waals surface area contributed by atoms with Crippen molar-refractivity contribution in [3.05, 3.63) is 87.8 Å². The van der Waals surface area contributed by atoms with Crippen LogP contribution in [0.25, 0.3) is 5.00 Å². The minimum Gasteiger partial charge on any atom is -0.481 e. The number of aryl methyl sites for hydroxylation is 2. The number of benzene rings is 2. The highest BCUT2D eigenvalue weighted by molar-refractivity contribution is 7.15. The molecule has 7 nitrogen and oxygen atoms in total. The highest BCUT2D eigenvalue weighted by Gasteiger charge is 2.36. The van der Waals surface area contributed by atoms with Gasteiger partial charge in [0.1, 0.15) is 16.9 Å². The van der Waals surface area contributed by atoms with E-state index in [1.165, 1.54) is 4.88 Å². The molecule has 0 spiro atoms. The molecule has 3 heterocycles. The van der Waals surface area contributed by atoms with E-state index >= 15 is 0 Å². The molecule has 1 aliphatic heterocycles. The molecule has 0 fully saturated rings. The van der Waals surface area contributed by atoms with Crippen molar-refractivity contribution in [2.45, 2.75) is 33.7 Å². The number of rotatable bonds is 5. The lowest BCUT2D eigenvalue weighted by Gasteiger charge is -2.16. The number of aromatic nitrogens is 3. The number of carboxylic acids is 1. The van der Waals surface area contributed by atoms with Gasteiger partial charge < -0.3 is 10.4 Å². The lowest BCUT2D eigenvalue weighted by Crippen LogP contribution is -2.21. The smallest absolute Gasteiger partial charge is 0.308 e. The molecule has 2 aromatic carbocycles. The summed E-state index contributed by atoms with van der Waals surface area (Å²) in [6, 6.07) is 17.4. The summed E-state index contributed by atoms with van der Waals surface area (Å²) in [5.74, 6) is -0.390. The second-order valence-corrected chi connectivity index (χ2v) is 9.73. The van der Waals surface area contributed by atoms with Crippen molar-refractivity contribution in [1.29, 1.82) is 0 Å². The molecule has 2 aromatic heterocycles. The Kier molecular flexibility index (Phi) is 5.53. The maximum Gasteiger partial charge on any atom is 0.308 e. The molecule has 0 saturated heterocycles. The summed E-state index contributed by atoms with van der Waals surface area (Å²) >= 11 is 1.66. The van der Waals surface area contributed by atoms with Crippen LogP contribution < -0.4 is 5.32 Å². The first-order valence-corrected chi connectivity index (χ1v) is 11.9. The molecule has 0 aliphatic carbocycles. The van der Waals surface area contributed by atoms with Crippen molar-refractivity contribution in [2.75, 3.05) is 5.32 Å². The van der Waals surface area contributed by atoms with E-state index in [0.717, 1.165) is 44.6 Å². The fourth-order valence-corrected chi connectivity index (χ4v) is 5.43. The van der Waals surface area contributed by atoms with Crippen molar-refractivity contribution < 1.29 is 9.90 Å². The molecule has 2 atom stereocenters. The summed E-state index contributed by atoms with van der Waals surface area (Å²) in [7, 11) is 0. The third-order valence-corrected chi connectivity index (χ3v) is 7.47. The average molecular weight is 472 g/mol. The molecule has 172 valence electrons. The first-order valence-electron chi connectivity index (χ1n) is 11.1. The van der Waals surface area contributed by atoms with Gasteiger partial charge in [-0.25, -0.2) is 0 Å². The topological polar surface area (TPSA) is 92.4 Å². The van der Waals surface area contributed by atoms with E-state index in [2.05, 4.69) is 29.4 Å². The zero-order chi connectivity index (χ0) is 24.0. The van der Waals surface area contributed by atoms with E-state index in [-0.39, 0.29) is 0 Å². The molecule has 0 saturated carbocycles. The highest BCUT2D eigenvalue weighted by atomic mass is 32.1. The molecule has 2 N–H and O–H groups in total. The Bertz CT molecular complexity index is 1400. The molecule has 1 aliphatic rings. The van der Waals surface area contributed by atoms with Gasteiger partial charge in [0, 0.05) is 27.4 Å². The van der Waals surface area contributed by atoms with Crippen LogP contribution >= 0.6 is 11.3 Å². The predicted molar refractivity (Wildman–Crippen MR) is 135 cm³/mol. The predicted octanol–water partition coefficient (Wildman–Crippen LogP) is 5.61. The maximum absolute atomic E-state index is 12.0. The van der Waals surface area contributed by atoms with Gasteiger partial charge in [0.15, 0.2) is 5.82 Å². The number of fused-ring (bicyclic) bond motifs is 3.